The van der Waals surface area contributed by atoms with Gasteiger partial charge in [-0.05, 0) is 17.7 Å². The SMILES string of the molecule is N#C/C(=C/N1CCN(c2ccccc2F)CC1)C(=O)N1CCN(Cc2ccccc2)CC1. The summed E-state index contributed by atoms with van der Waals surface area (Å²) >= 11 is 0. The fourth-order valence-electron chi connectivity index (χ4n) is 4.24. The summed E-state index contributed by atoms with van der Waals surface area (Å²) < 4.78 is 14.0. The summed E-state index contributed by atoms with van der Waals surface area (Å²) in [5.74, 6) is -0.431. The van der Waals surface area contributed by atoms with Gasteiger partial charge in [0.15, 0.2) is 0 Å². The van der Waals surface area contributed by atoms with Crippen LogP contribution >= 0.6 is 0 Å². The third kappa shape index (κ3) is 5.27. The number of hydrogen-bond acceptors (Lipinski definition) is 5. The topological polar surface area (TPSA) is 53.8 Å². The molecule has 0 atom stereocenters. The van der Waals surface area contributed by atoms with Crippen molar-refractivity contribution in [2.45, 2.75) is 6.54 Å². The number of nitrogens with zero attached hydrogens (tertiary/aromatic N) is 5. The molecule has 2 heterocycles. The third-order valence-corrected chi connectivity index (χ3v) is 6.08. The molecule has 0 aromatic heterocycles. The molecule has 0 radical (unpaired) electrons. The number of para-hydroxylation sites is 1. The van der Waals surface area contributed by atoms with E-state index in [-0.39, 0.29) is 17.3 Å². The summed E-state index contributed by atoms with van der Waals surface area (Å²) in [6.45, 7) is 6.25. The molecule has 0 saturated carbocycles. The molecule has 0 aliphatic carbocycles. The Labute approximate surface area is 188 Å². The van der Waals surface area contributed by atoms with E-state index in [4.69, 9.17) is 0 Å². The number of anilines is 1. The second-order valence-electron chi connectivity index (χ2n) is 8.18. The first-order chi connectivity index (χ1) is 15.6. The number of piperazine rings is 2. The van der Waals surface area contributed by atoms with Crippen molar-refractivity contribution in [2.75, 3.05) is 57.3 Å². The van der Waals surface area contributed by atoms with Gasteiger partial charge in [0.2, 0.25) is 0 Å². The van der Waals surface area contributed by atoms with Crippen molar-refractivity contribution in [3.05, 3.63) is 77.8 Å². The molecule has 0 spiro atoms. The summed E-state index contributed by atoms with van der Waals surface area (Å²) in [5.41, 5.74) is 2.03. The van der Waals surface area contributed by atoms with Gasteiger partial charge < -0.3 is 14.7 Å². The lowest BCUT2D eigenvalue weighted by Gasteiger charge is -2.36. The van der Waals surface area contributed by atoms with Crippen LogP contribution in [0.1, 0.15) is 5.56 Å². The number of rotatable bonds is 5. The maximum atomic E-state index is 14.0. The molecule has 2 fully saturated rings. The van der Waals surface area contributed by atoms with E-state index in [2.05, 4.69) is 23.1 Å². The molecule has 7 heteroatoms. The largest absolute Gasteiger partial charge is 0.373 e. The van der Waals surface area contributed by atoms with Crippen molar-refractivity contribution in [1.82, 2.24) is 14.7 Å². The van der Waals surface area contributed by atoms with Crippen LogP contribution in [-0.4, -0.2) is 73.0 Å². The Morgan fingerprint density at radius 2 is 1.56 bits per heavy atom. The van der Waals surface area contributed by atoms with Gasteiger partial charge in [0.1, 0.15) is 17.5 Å². The second kappa shape index (κ2) is 10.3. The standard InChI is InChI=1S/C25H28FN5O/c26-23-8-4-5-9-24(23)30-14-10-29(11-15-30)20-22(18-27)25(32)31-16-12-28(13-17-31)19-21-6-2-1-3-7-21/h1-9,20H,10-17,19H2/b22-20-. The highest BCUT2D eigenvalue weighted by atomic mass is 19.1. The Kier molecular flexibility index (Phi) is 7.03. The number of amides is 1. The van der Waals surface area contributed by atoms with Crippen LogP contribution in [0.5, 0.6) is 0 Å². The van der Waals surface area contributed by atoms with E-state index in [9.17, 15) is 14.4 Å². The molecular formula is C25H28FN5O. The van der Waals surface area contributed by atoms with E-state index in [0.29, 0.717) is 45.0 Å². The first kappa shape index (κ1) is 21.8. The third-order valence-electron chi connectivity index (χ3n) is 6.08. The summed E-state index contributed by atoms with van der Waals surface area (Å²) in [6.07, 6.45) is 1.68. The van der Waals surface area contributed by atoms with Gasteiger partial charge in [0, 0.05) is 65.1 Å². The normalized spacial score (nSPS) is 17.9. The van der Waals surface area contributed by atoms with Crippen LogP contribution in [0.3, 0.4) is 0 Å². The van der Waals surface area contributed by atoms with Crippen LogP contribution in [0.4, 0.5) is 10.1 Å². The van der Waals surface area contributed by atoms with Crippen LogP contribution < -0.4 is 4.90 Å². The Balaban J connectivity index is 1.30. The van der Waals surface area contributed by atoms with Crippen molar-refractivity contribution in [2.24, 2.45) is 0 Å². The van der Waals surface area contributed by atoms with Crippen LogP contribution in [0.25, 0.3) is 0 Å². The molecule has 2 saturated heterocycles. The van der Waals surface area contributed by atoms with Crippen molar-refractivity contribution in [3.63, 3.8) is 0 Å². The first-order valence-corrected chi connectivity index (χ1v) is 11.0. The highest BCUT2D eigenvalue weighted by molar-refractivity contribution is 5.97. The zero-order valence-corrected chi connectivity index (χ0v) is 18.2. The lowest BCUT2D eigenvalue weighted by molar-refractivity contribution is -0.128. The minimum absolute atomic E-state index is 0.167. The molecule has 1 amide bonds. The molecule has 2 aromatic carbocycles. The van der Waals surface area contributed by atoms with Gasteiger partial charge in [-0.1, -0.05) is 42.5 Å². The van der Waals surface area contributed by atoms with Crippen molar-refractivity contribution in [3.8, 4) is 6.07 Å². The number of benzene rings is 2. The molecule has 2 aromatic rings. The predicted octanol–water partition coefficient (Wildman–Crippen LogP) is 2.70. The van der Waals surface area contributed by atoms with Gasteiger partial charge in [-0.3, -0.25) is 9.69 Å². The number of carbonyl (C=O) groups is 1. The summed E-state index contributed by atoms with van der Waals surface area (Å²) in [5, 5.41) is 9.61. The van der Waals surface area contributed by atoms with Crippen LogP contribution in [0, 0.1) is 17.1 Å². The molecular weight excluding hydrogens is 405 g/mol. The maximum absolute atomic E-state index is 14.0. The highest BCUT2D eigenvalue weighted by Gasteiger charge is 2.25. The summed E-state index contributed by atoms with van der Waals surface area (Å²) in [6, 6.07) is 19.2. The minimum atomic E-state index is -0.226. The Morgan fingerprint density at radius 3 is 2.22 bits per heavy atom. The Morgan fingerprint density at radius 1 is 0.906 bits per heavy atom. The van der Waals surface area contributed by atoms with Crippen LogP contribution in [0.2, 0.25) is 0 Å². The molecule has 166 valence electrons. The quantitative estimate of drug-likeness (QED) is 0.536. The van der Waals surface area contributed by atoms with E-state index < -0.39 is 0 Å². The number of hydrogen-bond donors (Lipinski definition) is 0. The average Bonchev–Trinajstić information content (AvgIpc) is 2.84. The van der Waals surface area contributed by atoms with E-state index in [1.165, 1.54) is 11.6 Å². The van der Waals surface area contributed by atoms with Crippen LogP contribution in [-0.2, 0) is 11.3 Å². The average molecular weight is 434 g/mol. The van der Waals surface area contributed by atoms with Gasteiger partial charge in [-0.2, -0.15) is 5.26 Å². The van der Waals surface area contributed by atoms with E-state index in [1.807, 2.05) is 34.1 Å². The molecule has 0 bridgehead atoms. The van der Waals surface area contributed by atoms with Gasteiger partial charge in [0.25, 0.3) is 5.91 Å². The molecule has 32 heavy (non-hydrogen) atoms. The molecule has 0 N–H and O–H groups in total. The Hall–Kier alpha value is -3.37. The van der Waals surface area contributed by atoms with Crippen molar-refractivity contribution in [1.29, 1.82) is 5.26 Å². The lowest BCUT2D eigenvalue weighted by Crippen LogP contribution is -2.49. The second-order valence-corrected chi connectivity index (χ2v) is 8.18. The van der Waals surface area contributed by atoms with Crippen molar-refractivity contribution >= 4 is 11.6 Å². The van der Waals surface area contributed by atoms with E-state index in [1.54, 1.807) is 23.2 Å². The molecule has 0 unspecified atom stereocenters. The number of halogens is 1. The molecule has 4 rings (SSSR count). The van der Waals surface area contributed by atoms with Crippen molar-refractivity contribution < 1.29 is 9.18 Å². The minimum Gasteiger partial charge on any atom is -0.373 e. The maximum Gasteiger partial charge on any atom is 0.266 e. The zero-order chi connectivity index (χ0) is 22.3. The molecule has 2 aliphatic rings. The fraction of sp³-hybridized carbons (Fsp3) is 0.360. The fourth-order valence-corrected chi connectivity index (χ4v) is 4.24. The predicted molar refractivity (Wildman–Crippen MR) is 122 cm³/mol. The molecule has 2 aliphatic heterocycles. The first-order valence-electron chi connectivity index (χ1n) is 11.0. The monoisotopic (exact) mass is 433 g/mol. The highest BCUT2D eigenvalue weighted by Crippen LogP contribution is 2.20. The van der Waals surface area contributed by atoms with Gasteiger partial charge in [0.05, 0.1) is 5.69 Å². The van der Waals surface area contributed by atoms with Gasteiger partial charge in [-0.25, -0.2) is 4.39 Å². The summed E-state index contributed by atoms with van der Waals surface area (Å²) in [4.78, 5) is 21.0. The Bertz CT molecular complexity index is 987. The lowest BCUT2D eigenvalue weighted by atomic mass is 10.2. The summed E-state index contributed by atoms with van der Waals surface area (Å²) in [7, 11) is 0. The zero-order valence-electron chi connectivity index (χ0n) is 18.2. The number of carbonyl (C=O) groups excluding carboxylic acids is 1. The van der Waals surface area contributed by atoms with E-state index in [0.717, 1.165) is 19.6 Å². The number of nitriles is 1. The smallest absolute Gasteiger partial charge is 0.266 e. The van der Waals surface area contributed by atoms with Gasteiger partial charge >= 0.3 is 0 Å². The van der Waals surface area contributed by atoms with Crippen LogP contribution in [0.15, 0.2) is 66.4 Å². The van der Waals surface area contributed by atoms with E-state index >= 15 is 0 Å². The molecule has 6 nitrogen and oxygen atoms in total. The van der Waals surface area contributed by atoms with Gasteiger partial charge in [-0.15, -0.1) is 0 Å².